The molecule has 80 heavy (non-hydrogen) atoms. The van der Waals surface area contributed by atoms with Crippen LogP contribution < -0.4 is 21.3 Å². The number of anilines is 4. The number of nitrogens with zero attached hydrogens (tertiary/aromatic N) is 16. The number of piperazine rings is 2. The molecular weight excluding hydrogens is 1020 g/mol. The highest BCUT2D eigenvalue weighted by Crippen LogP contribution is 2.49. The van der Waals surface area contributed by atoms with Crippen LogP contribution >= 0.6 is 0 Å². The van der Waals surface area contributed by atoms with Crippen molar-refractivity contribution in [2.75, 3.05) is 93.3 Å². The van der Waals surface area contributed by atoms with Gasteiger partial charge in [0.2, 0.25) is 11.9 Å². The van der Waals surface area contributed by atoms with Gasteiger partial charge in [-0.1, -0.05) is 35.3 Å². The standard InChI is InChI=1S/C29H33N9O3.C27H29N9O3/c1-2-40-25(39)8-11-37-12-14-38(15-13-37)24-7-4-20(16-32-24)26-35-27(36-41-26)29(9-3-10-29)22-5-6-23(31-19-22)21-17-33-28(30)34-18-21;28-26-31-15-19(16-32-26)21-4-3-20(17-29-21)27(7-1-8-27)25-33-24(39-34-25)18-2-5-22(30-14-18)36-12-10-35(11-13-36)9-6-23(37)38/h4-7,16-19H,2-3,8-15H2,1H3,(H2,30,33,34);2-5,14-17H,1,6-13H2,(H,37,38)(H2,28,31,32). The molecule has 4 fully saturated rings. The minimum absolute atomic E-state index is 0.140. The Morgan fingerprint density at radius 1 is 0.537 bits per heavy atom. The molecule has 24 heteroatoms. The van der Waals surface area contributed by atoms with Gasteiger partial charge >= 0.3 is 11.9 Å². The van der Waals surface area contributed by atoms with E-state index in [4.69, 9.17) is 40.3 Å². The maximum Gasteiger partial charge on any atom is 0.307 e. The fraction of sp³-hybridized carbons (Fsp3) is 0.393. The monoisotopic (exact) mass is 1080 g/mol. The number of rotatable bonds is 17. The van der Waals surface area contributed by atoms with E-state index in [0.29, 0.717) is 43.0 Å². The van der Waals surface area contributed by atoms with Crippen molar-refractivity contribution < 1.29 is 28.5 Å². The molecule has 8 aromatic heterocycles. The summed E-state index contributed by atoms with van der Waals surface area (Å²) in [6.07, 6.45) is 20.5. The van der Waals surface area contributed by atoms with E-state index < -0.39 is 5.97 Å². The number of hydrogen-bond acceptors (Lipinski definition) is 23. The first-order chi connectivity index (χ1) is 39.0. The Labute approximate surface area is 461 Å². The minimum atomic E-state index is -0.762. The normalized spacial score (nSPS) is 16.9. The lowest BCUT2D eigenvalue weighted by Gasteiger charge is -2.39. The van der Waals surface area contributed by atoms with Crippen LogP contribution in [0.1, 0.15) is 81.1 Å². The van der Waals surface area contributed by atoms with Gasteiger partial charge in [0.25, 0.3) is 11.8 Å². The number of carboxylic acid groups (broad SMARTS) is 1. The highest BCUT2D eigenvalue weighted by Gasteiger charge is 2.46. The SMILES string of the molecule is CCOC(=O)CCN1CCN(c2ccc(-c3nc(C4(c5ccc(-c6cnc(N)nc6)nc5)CCC4)no3)cn2)CC1.Nc1ncc(-c2ccc(C3(c4noc(-c5ccc(N6CCN(CCC(=O)O)CC6)nc5)n4)CCC3)cn2)cn1. The van der Waals surface area contributed by atoms with Crippen LogP contribution in [0.4, 0.5) is 23.5 Å². The Bertz CT molecular complexity index is 3340. The van der Waals surface area contributed by atoms with Crippen LogP contribution in [-0.4, -0.2) is 159 Å². The first-order valence-corrected chi connectivity index (χ1v) is 27.1. The average molecular weight is 1080 g/mol. The summed E-state index contributed by atoms with van der Waals surface area (Å²) in [5, 5.41) is 17.7. The summed E-state index contributed by atoms with van der Waals surface area (Å²) in [4.78, 5) is 75.8. The predicted molar refractivity (Wildman–Crippen MR) is 294 cm³/mol. The van der Waals surface area contributed by atoms with E-state index in [-0.39, 0.29) is 35.1 Å². The number of esters is 1. The number of pyridine rings is 4. The molecule has 12 rings (SSSR count). The van der Waals surface area contributed by atoms with Crippen LogP contribution in [0, 0.1) is 0 Å². The number of hydrogen-bond donors (Lipinski definition) is 3. The third-order valence-corrected chi connectivity index (χ3v) is 15.7. The van der Waals surface area contributed by atoms with E-state index in [0.717, 1.165) is 154 Å². The molecule has 0 spiro atoms. The van der Waals surface area contributed by atoms with Crippen LogP contribution in [0.2, 0.25) is 0 Å². The zero-order valence-electron chi connectivity index (χ0n) is 44.5. The fourth-order valence-corrected chi connectivity index (χ4v) is 10.6. The number of aliphatic carboxylic acids is 1. The van der Waals surface area contributed by atoms with Gasteiger partial charge in [-0.15, -0.1) is 0 Å². The minimum Gasteiger partial charge on any atom is -0.481 e. The topological polar surface area (TPSA) is 310 Å². The van der Waals surface area contributed by atoms with Crippen LogP contribution in [0.15, 0.2) is 107 Å². The zero-order valence-corrected chi connectivity index (χ0v) is 44.5. The van der Waals surface area contributed by atoms with E-state index in [1.54, 1.807) is 37.2 Å². The summed E-state index contributed by atoms with van der Waals surface area (Å²) < 4.78 is 16.4. The molecule has 8 aromatic rings. The molecule has 0 bridgehead atoms. The number of carboxylic acids is 1. The smallest absolute Gasteiger partial charge is 0.307 e. The third-order valence-electron chi connectivity index (χ3n) is 15.7. The molecule has 2 saturated carbocycles. The van der Waals surface area contributed by atoms with Gasteiger partial charge in [-0.25, -0.2) is 29.9 Å². The number of nitrogens with two attached hydrogens (primary N) is 2. The number of aromatic nitrogens is 12. The summed E-state index contributed by atoms with van der Waals surface area (Å²) in [6.45, 7) is 10.2. The van der Waals surface area contributed by atoms with Crippen molar-refractivity contribution in [3.8, 4) is 45.4 Å². The second kappa shape index (κ2) is 23.6. The summed E-state index contributed by atoms with van der Waals surface area (Å²) in [6, 6.07) is 16.0. The highest BCUT2D eigenvalue weighted by atomic mass is 16.5. The van der Waals surface area contributed by atoms with Crippen molar-refractivity contribution in [3.63, 3.8) is 0 Å². The molecule has 5 N–H and O–H groups in total. The first-order valence-electron chi connectivity index (χ1n) is 27.1. The molecular formula is C56H62N18O6. The molecule has 24 nitrogen and oxygen atoms in total. The second-order valence-corrected chi connectivity index (χ2v) is 20.4. The largest absolute Gasteiger partial charge is 0.481 e. The molecule has 2 saturated heterocycles. The molecule has 2 aliphatic carbocycles. The second-order valence-electron chi connectivity index (χ2n) is 20.4. The molecule has 2 aliphatic heterocycles. The van der Waals surface area contributed by atoms with E-state index in [1.165, 1.54) is 0 Å². The fourth-order valence-electron chi connectivity index (χ4n) is 10.6. The van der Waals surface area contributed by atoms with Gasteiger partial charge in [0.05, 0.1) is 52.8 Å². The molecule has 0 amide bonds. The highest BCUT2D eigenvalue weighted by molar-refractivity contribution is 5.69. The van der Waals surface area contributed by atoms with E-state index in [2.05, 4.69) is 81.9 Å². The Balaban J connectivity index is 0.000000169. The van der Waals surface area contributed by atoms with Gasteiger partial charge in [-0.05, 0) is 80.1 Å². The molecule has 0 unspecified atom stereocenters. The maximum atomic E-state index is 11.6. The van der Waals surface area contributed by atoms with E-state index >= 15 is 0 Å². The van der Waals surface area contributed by atoms with Gasteiger partial charge < -0.3 is 40.2 Å². The molecule has 0 radical (unpaired) electrons. The van der Waals surface area contributed by atoms with Crippen molar-refractivity contribution >= 4 is 35.5 Å². The van der Waals surface area contributed by atoms with E-state index in [9.17, 15) is 9.59 Å². The van der Waals surface area contributed by atoms with Crippen LogP contribution in [0.5, 0.6) is 0 Å². The third kappa shape index (κ3) is 11.6. The quantitative estimate of drug-likeness (QED) is 0.0915. The summed E-state index contributed by atoms with van der Waals surface area (Å²) in [5.74, 6) is 3.59. The van der Waals surface area contributed by atoms with E-state index in [1.807, 2.05) is 55.7 Å². The van der Waals surface area contributed by atoms with Gasteiger partial charge in [0, 0.05) is 126 Å². The van der Waals surface area contributed by atoms with Crippen molar-refractivity contribution in [3.05, 3.63) is 121 Å². The van der Waals surface area contributed by atoms with Crippen molar-refractivity contribution in [1.29, 1.82) is 0 Å². The zero-order chi connectivity index (χ0) is 55.1. The van der Waals surface area contributed by atoms with Gasteiger partial charge in [-0.2, -0.15) is 9.97 Å². The van der Waals surface area contributed by atoms with Gasteiger partial charge in [0.1, 0.15) is 11.6 Å². The predicted octanol–water partition coefficient (Wildman–Crippen LogP) is 5.74. The molecule has 0 atom stereocenters. The Morgan fingerprint density at radius 2 is 0.963 bits per heavy atom. The number of carbonyl (C=O) groups is 2. The lowest BCUT2D eigenvalue weighted by molar-refractivity contribution is -0.143. The summed E-state index contributed by atoms with van der Waals surface area (Å²) in [5.41, 5.74) is 17.4. The number of carbonyl (C=O) groups excluding carboxylic acids is 1. The summed E-state index contributed by atoms with van der Waals surface area (Å²) in [7, 11) is 0. The van der Waals surface area contributed by atoms with Crippen LogP contribution in [0.25, 0.3) is 45.4 Å². The van der Waals surface area contributed by atoms with Crippen LogP contribution in [0.3, 0.4) is 0 Å². The van der Waals surface area contributed by atoms with Crippen molar-refractivity contribution in [2.24, 2.45) is 0 Å². The lowest BCUT2D eigenvalue weighted by Crippen LogP contribution is -2.47. The molecule has 412 valence electrons. The van der Waals surface area contributed by atoms with Gasteiger partial charge in [-0.3, -0.25) is 29.4 Å². The Hall–Kier alpha value is -8.90. The first kappa shape index (κ1) is 53.1. The van der Waals surface area contributed by atoms with Crippen LogP contribution in [-0.2, 0) is 25.2 Å². The Morgan fingerprint density at radius 3 is 1.31 bits per heavy atom. The number of ether oxygens (including phenoxy) is 1. The van der Waals surface area contributed by atoms with Crippen molar-refractivity contribution in [1.82, 2.24) is 70.0 Å². The molecule has 10 heterocycles. The molecule has 0 aromatic carbocycles. The number of nitrogen functional groups attached to an aromatic ring is 2. The maximum absolute atomic E-state index is 11.6. The van der Waals surface area contributed by atoms with Gasteiger partial charge in [0.15, 0.2) is 11.6 Å². The Kier molecular flexibility index (Phi) is 15.7. The average Bonchev–Trinajstić information content (AvgIpc) is 4.18. The summed E-state index contributed by atoms with van der Waals surface area (Å²) >= 11 is 0. The molecule has 4 aliphatic rings. The lowest BCUT2D eigenvalue weighted by atomic mass is 9.64. The van der Waals surface area contributed by atoms with Crippen molar-refractivity contribution in [2.45, 2.75) is 69.1 Å².